The Hall–Kier alpha value is -2.05. The Morgan fingerprint density at radius 2 is 1.77 bits per heavy atom. The highest BCUT2D eigenvalue weighted by molar-refractivity contribution is 14.0. The number of rotatable bonds is 9. The third-order valence-electron chi connectivity index (χ3n) is 4.12. The Morgan fingerprint density at radius 3 is 2.37 bits per heavy atom. The average Bonchev–Trinajstić information content (AvgIpc) is 2.74. The van der Waals surface area contributed by atoms with E-state index in [-0.39, 0.29) is 35.0 Å². The quantitative estimate of drug-likeness (QED) is 0.253. The molecule has 0 heterocycles. The summed E-state index contributed by atoms with van der Waals surface area (Å²) in [6.07, 6.45) is -0.0910. The Morgan fingerprint density at radius 1 is 1.10 bits per heavy atom. The van der Waals surface area contributed by atoms with Gasteiger partial charge in [0.1, 0.15) is 17.6 Å². The molecule has 1 atom stereocenters. The van der Waals surface area contributed by atoms with Crippen molar-refractivity contribution in [2.75, 3.05) is 27.7 Å². The molecule has 0 aliphatic heterocycles. The predicted molar refractivity (Wildman–Crippen MR) is 129 cm³/mol. The Labute approximate surface area is 195 Å². The number of nitrogens with one attached hydrogen (secondary N) is 3. The number of hydrogen-bond donors (Lipinski definition) is 3. The molecule has 0 aromatic heterocycles. The van der Waals surface area contributed by atoms with Crippen LogP contribution in [0.3, 0.4) is 0 Å². The standard InChI is InChI=1S/C20H28N4O4S.HI/c1-15(28-18-7-5-6-17(12-18)27-4)13-23-20(21-2)24-14-16-8-10-19(11-9-16)29(25,26)22-3;/h5-12,15,22H,13-14H2,1-4H3,(H2,21,23,24);1H. The lowest BCUT2D eigenvalue weighted by atomic mass is 10.2. The van der Waals surface area contributed by atoms with E-state index in [0.717, 1.165) is 17.1 Å². The number of aliphatic imine (C=N–C) groups is 1. The van der Waals surface area contributed by atoms with Crippen LogP contribution >= 0.6 is 24.0 Å². The summed E-state index contributed by atoms with van der Waals surface area (Å²) in [7, 11) is 1.26. The molecule has 30 heavy (non-hydrogen) atoms. The molecule has 2 aromatic rings. The molecule has 3 N–H and O–H groups in total. The fraction of sp³-hybridized carbons (Fsp3) is 0.350. The first-order valence-corrected chi connectivity index (χ1v) is 10.6. The third kappa shape index (κ3) is 8.00. The first kappa shape index (κ1) is 26.0. The molecule has 0 fully saturated rings. The molecular weight excluding hydrogens is 519 g/mol. The van der Waals surface area contributed by atoms with E-state index in [2.05, 4.69) is 20.3 Å². The zero-order chi connectivity index (χ0) is 21.3. The number of sulfonamides is 1. The van der Waals surface area contributed by atoms with Gasteiger partial charge in [0.15, 0.2) is 5.96 Å². The molecule has 0 saturated carbocycles. The van der Waals surface area contributed by atoms with Gasteiger partial charge in [-0.15, -0.1) is 24.0 Å². The van der Waals surface area contributed by atoms with Crippen molar-refractivity contribution in [3.05, 3.63) is 54.1 Å². The first-order valence-electron chi connectivity index (χ1n) is 9.15. The lowest BCUT2D eigenvalue weighted by Crippen LogP contribution is -2.41. The molecule has 10 heteroatoms. The minimum atomic E-state index is -3.43. The second-order valence-corrected chi connectivity index (χ2v) is 8.15. The van der Waals surface area contributed by atoms with Gasteiger partial charge in [-0.05, 0) is 43.8 Å². The third-order valence-corrected chi connectivity index (χ3v) is 5.55. The van der Waals surface area contributed by atoms with Crippen molar-refractivity contribution in [1.29, 1.82) is 0 Å². The zero-order valence-electron chi connectivity index (χ0n) is 17.5. The van der Waals surface area contributed by atoms with Crippen LogP contribution in [0.5, 0.6) is 11.5 Å². The monoisotopic (exact) mass is 548 g/mol. The molecule has 1 unspecified atom stereocenters. The van der Waals surface area contributed by atoms with Crippen LogP contribution < -0.4 is 24.8 Å². The smallest absolute Gasteiger partial charge is 0.240 e. The lowest BCUT2D eigenvalue weighted by Gasteiger charge is -2.18. The summed E-state index contributed by atoms with van der Waals surface area (Å²) >= 11 is 0. The van der Waals surface area contributed by atoms with Crippen molar-refractivity contribution in [1.82, 2.24) is 15.4 Å². The maximum atomic E-state index is 11.8. The summed E-state index contributed by atoms with van der Waals surface area (Å²) in [6.45, 7) is 3.02. The van der Waals surface area contributed by atoms with Gasteiger partial charge in [-0.2, -0.15) is 0 Å². The van der Waals surface area contributed by atoms with Crippen LogP contribution in [0.15, 0.2) is 58.4 Å². The SMILES string of the molecule is CN=C(NCc1ccc(S(=O)(=O)NC)cc1)NCC(C)Oc1cccc(OC)c1.I. The lowest BCUT2D eigenvalue weighted by molar-refractivity contribution is 0.223. The number of halogens is 1. The van der Waals surface area contributed by atoms with Crippen molar-refractivity contribution >= 4 is 40.0 Å². The Kier molecular flexibility index (Phi) is 10.9. The van der Waals surface area contributed by atoms with Gasteiger partial charge in [0.2, 0.25) is 10.0 Å². The number of hydrogen-bond acceptors (Lipinski definition) is 5. The van der Waals surface area contributed by atoms with Crippen molar-refractivity contribution in [3.63, 3.8) is 0 Å². The molecule has 2 rings (SSSR count). The van der Waals surface area contributed by atoms with E-state index in [1.54, 1.807) is 38.4 Å². The van der Waals surface area contributed by atoms with Crippen LogP contribution in [0, 0.1) is 0 Å². The molecule has 8 nitrogen and oxygen atoms in total. The number of guanidine groups is 1. The Balaban J connectivity index is 0.00000450. The second-order valence-electron chi connectivity index (χ2n) is 6.27. The number of ether oxygens (including phenoxy) is 2. The van der Waals surface area contributed by atoms with E-state index in [1.165, 1.54) is 7.05 Å². The largest absolute Gasteiger partial charge is 0.497 e. The van der Waals surface area contributed by atoms with Crippen LogP contribution in [0.1, 0.15) is 12.5 Å². The normalized spacial score (nSPS) is 12.5. The van der Waals surface area contributed by atoms with Crippen LogP contribution in [-0.2, 0) is 16.6 Å². The summed E-state index contributed by atoms with van der Waals surface area (Å²) in [4.78, 5) is 4.42. The van der Waals surface area contributed by atoms with E-state index in [4.69, 9.17) is 9.47 Å². The number of methoxy groups -OCH3 is 1. The number of nitrogens with zero attached hydrogens (tertiary/aromatic N) is 1. The van der Waals surface area contributed by atoms with Gasteiger partial charge in [-0.1, -0.05) is 18.2 Å². The summed E-state index contributed by atoms with van der Waals surface area (Å²) in [5, 5.41) is 6.40. The van der Waals surface area contributed by atoms with Gasteiger partial charge in [-0.3, -0.25) is 4.99 Å². The molecule has 0 radical (unpaired) electrons. The molecule has 0 spiro atoms. The highest BCUT2D eigenvalue weighted by Gasteiger charge is 2.11. The molecular formula is C20H29IN4O4S. The van der Waals surface area contributed by atoms with Crippen LogP contribution in [0.4, 0.5) is 0 Å². The first-order chi connectivity index (χ1) is 13.9. The van der Waals surface area contributed by atoms with Crippen LogP contribution in [-0.4, -0.2) is 48.2 Å². The molecule has 0 saturated heterocycles. The minimum absolute atomic E-state index is 0. The molecule has 0 aliphatic carbocycles. The predicted octanol–water partition coefficient (Wildman–Crippen LogP) is 2.35. The minimum Gasteiger partial charge on any atom is -0.497 e. The highest BCUT2D eigenvalue weighted by Crippen LogP contribution is 2.19. The van der Waals surface area contributed by atoms with Crippen molar-refractivity contribution in [2.45, 2.75) is 24.5 Å². The second kappa shape index (κ2) is 12.6. The maximum absolute atomic E-state index is 11.8. The topological polar surface area (TPSA) is 101 Å². The van der Waals surface area contributed by atoms with Gasteiger partial charge in [-0.25, -0.2) is 13.1 Å². The van der Waals surface area contributed by atoms with Gasteiger partial charge in [0.05, 0.1) is 18.6 Å². The summed E-state index contributed by atoms with van der Waals surface area (Å²) in [5.41, 5.74) is 0.934. The van der Waals surface area contributed by atoms with Gasteiger partial charge < -0.3 is 20.1 Å². The van der Waals surface area contributed by atoms with Gasteiger partial charge >= 0.3 is 0 Å². The van der Waals surface area contributed by atoms with E-state index < -0.39 is 10.0 Å². The molecule has 0 aliphatic rings. The van der Waals surface area contributed by atoms with Gasteiger partial charge in [0, 0.05) is 19.7 Å². The van der Waals surface area contributed by atoms with Crippen LogP contribution in [0.25, 0.3) is 0 Å². The molecule has 0 amide bonds. The molecule has 0 bridgehead atoms. The van der Waals surface area contributed by atoms with E-state index in [0.29, 0.717) is 19.0 Å². The maximum Gasteiger partial charge on any atom is 0.240 e. The molecule has 2 aromatic carbocycles. The van der Waals surface area contributed by atoms with Crippen molar-refractivity contribution in [2.24, 2.45) is 4.99 Å². The molecule has 166 valence electrons. The summed E-state index contributed by atoms with van der Waals surface area (Å²) in [5.74, 6) is 2.10. The van der Waals surface area contributed by atoms with Crippen LogP contribution in [0.2, 0.25) is 0 Å². The average molecular weight is 548 g/mol. The zero-order valence-corrected chi connectivity index (χ0v) is 20.7. The van der Waals surface area contributed by atoms with Gasteiger partial charge in [0.25, 0.3) is 0 Å². The van der Waals surface area contributed by atoms with E-state index in [1.807, 2.05) is 31.2 Å². The fourth-order valence-corrected chi connectivity index (χ4v) is 3.23. The summed E-state index contributed by atoms with van der Waals surface area (Å²) in [6, 6.07) is 14.1. The Bertz CT molecular complexity index is 921. The van der Waals surface area contributed by atoms with E-state index in [9.17, 15) is 8.42 Å². The summed E-state index contributed by atoms with van der Waals surface area (Å²) < 4.78 is 36.9. The fourth-order valence-electron chi connectivity index (χ4n) is 2.50. The van der Waals surface area contributed by atoms with Crippen molar-refractivity contribution < 1.29 is 17.9 Å². The van der Waals surface area contributed by atoms with E-state index >= 15 is 0 Å². The number of benzene rings is 2. The van der Waals surface area contributed by atoms with Crippen molar-refractivity contribution in [3.8, 4) is 11.5 Å². The highest BCUT2D eigenvalue weighted by atomic mass is 127.